The highest BCUT2D eigenvalue weighted by molar-refractivity contribution is 5.59. The predicted octanol–water partition coefficient (Wildman–Crippen LogP) is 3.24. The Kier molecular flexibility index (Phi) is 2.94. The summed E-state index contributed by atoms with van der Waals surface area (Å²) < 4.78 is 5.38. The molecule has 2 aliphatic rings. The van der Waals surface area contributed by atoms with Crippen molar-refractivity contribution in [3.63, 3.8) is 0 Å². The minimum absolute atomic E-state index is 0.276. The van der Waals surface area contributed by atoms with E-state index in [0.717, 1.165) is 29.7 Å². The summed E-state index contributed by atoms with van der Waals surface area (Å²) in [5.41, 5.74) is 0.960. The predicted molar refractivity (Wildman–Crippen MR) is 80.1 cm³/mol. The van der Waals surface area contributed by atoms with E-state index in [-0.39, 0.29) is 5.92 Å². The van der Waals surface area contributed by atoms with Crippen molar-refractivity contribution in [3.8, 4) is 11.5 Å². The average molecular weight is 284 g/mol. The molecule has 0 spiro atoms. The molecule has 110 valence electrons. The van der Waals surface area contributed by atoms with E-state index in [0.29, 0.717) is 11.9 Å². The van der Waals surface area contributed by atoms with Gasteiger partial charge in [0, 0.05) is 30.3 Å². The summed E-state index contributed by atoms with van der Waals surface area (Å²) in [7, 11) is 0. The number of aromatic nitrogens is 3. The number of rotatable bonds is 3. The molecule has 4 rings (SSSR count). The van der Waals surface area contributed by atoms with Crippen molar-refractivity contribution in [1.82, 2.24) is 15.1 Å². The van der Waals surface area contributed by atoms with Gasteiger partial charge in [-0.25, -0.2) is 4.98 Å². The van der Waals surface area contributed by atoms with Gasteiger partial charge in [-0.2, -0.15) is 4.98 Å². The summed E-state index contributed by atoms with van der Waals surface area (Å²) in [5.74, 6) is 3.52. The Morgan fingerprint density at radius 1 is 1.33 bits per heavy atom. The molecular formula is C16H20N4O. The molecule has 2 aromatic heterocycles. The summed E-state index contributed by atoms with van der Waals surface area (Å²) in [6.45, 7) is 5.27. The fourth-order valence-corrected chi connectivity index (χ4v) is 3.50. The fourth-order valence-electron chi connectivity index (χ4n) is 3.50. The largest absolute Gasteiger partial charge is 0.353 e. The quantitative estimate of drug-likeness (QED) is 0.866. The van der Waals surface area contributed by atoms with Crippen LogP contribution < -0.4 is 4.90 Å². The van der Waals surface area contributed by atoms with Crippen molar-refractivity contribution in [2.45, 2.75) is 45.1 Å². The van der Waals surface area contributed by atoms with Crippen LogP contribution in [-0.4, -0.2) is 27.7 Å². The maximum atomic E-state index is 5.38. The van der Waals surface area contributed by atoms with Crippen LogP contribution in [-0.2, 0) is 0 Å². The third kappa shape index (κ3) is 2.20. The third-order valence-corrected chi connectivity index (χ3v) is 4.65. The topological polar surface area (TPSA) is 55.1 Å². The van der Waals surface area contributed by atoms with Crippen molar-refractivity contribution >= 4 is 5.82 Å². The number of hydrogen-bond acceptors (Lipinski definition) is 5. The summed E-state index contributed by atoms with van der Waals surface area (Å²) in [5, 5.41) is 4.04. The SMILES string of the molecule is CC(C)c1noc(-c2ccnc(N3C[C@H]4CC[C@H]3C4)c2)n1. The van der Waals surface area contributed by atoms with E-state index in [1.54, 1.807) is 0 Å². The molecule has 1 aliphatic heterocycles. The first-order valence-corrected chi connectivity index (χ1v) is 7.77. The van der Waals surface area contributed by atoms with E-state index in [2.05, 4.69) is 39.9 Å². The molecule has 1 saturated heterocycles. The zero-order chi connectivity index (χ0) is 14.4. The zero-order valence-corrected chi connectivity index (χ0v) is 12.5. The molecule has 0 N–H and O–H groups in total. The molecule has 2 aromatic rings. The van der Waals surface area contributed by atoms with Gasteiger partial charge in [0.2, 0.25) is 0 Å². The summed E-state index contributed by atoms with van der Waals surface area (Å²) >= 11 is 0. The monoisotopic (exact) mass is 284 g/mol. The summed E-state index contributed by atoms with van der Waals surface area (Å²) in [6, 6.07) is 4.69. The lowest BCUT2D eigenvalue weighted by atomic mass is 10.1. The van der Waals surface area contributed by atoms with Crippen LogP contribution in [0.3, 0.4) is 0 Å². The number of fused-ring (bicyclic) bond motifs is 2. The van der Waals surface area contributed by atoms with Gasteiger partial charge in [0.25, 0.3) is 5.89 Å². The Morgan fingerprint density at radius 3 is 2.90 bits per heavy atom. The highest BCUT2D eigenvalue weighted by Crippen LogP contribution is 2.40. The maximum absolute atomic E-state index is 5.38. The van der Waals surface area contributed by atoms with Crippen LogP contribution in [0.4, 0.5) is 5.82 Å². The van der Waals surface area contributed by atoms with E-state index in [9.17, 15) is 0 Å². The molecular weight excluding hydrogens is 264 g/mol. The molecule has 5 heteroatoms. The Labute approximate surface area is 124 Å². The van der Waals surface area contributed by atoms with Crippen LogP contribution in [0.25, 0.3) is 11.5 Å². The molecule has 0 unspecified atom stereocenters. The minimum Gasteiger partial charge on any atom is -0.353 e. The highest BCUT2D eigenvalue weighted by atomic mass is 16.5. The van der Waals surface area contributed by atoms with Gasteiger partial charge in [0.1, 0.15) is 5.82 Å². The number of pyridine rings is 1. The standard InChI is InChI=1S/C16H20N4O/c1-10(2)15-18-16(21-19-15)12-5-6-17-14(8-12)20-9-11-3-4-13(20)7-11/h5-6,8,10-11,13H,3-4,7,9H2,1-2H3/t11-,13-/m0/s1. The van der Waals surface area contributed by atoms with Gasteiger partial charge in [0.05, 0.1) is 0 Å². The normalized spacial score (nSPS) is 24.2. The molecule has 5 nitrogen and oxygen atoms in total. The summed E-state index contributed by atoms with van der Waals surface area (Å²) in [6.07, 6.45) is 5.84. The van der Waals surface area contributed by atoms with E-state index in [4.69, 9.17) is 4.52 Å². The first kappa shape index (κ1) is 12.8. The van der Waals surface area contributed by atoms with E-state index < -0.39 is 0 Å². The smallest absolute Gasteiger partial charge is 0.258 e. The van der Waals surface area contributed by atoms with Crippen molar-refractivity contribution in [2.75, 3.05) is 11.4 Å². The number of anilines is 1. The first-order chi connectivity index (χ1) is 10.2. The van der Waals surface area contributed by atoms with Crippen LogP contribution >= 0.6 is 0 Å². The lowest BCUT2D eigenvalue weighted by Crippen LogP contribution is -2.32. The van der Waals surface area contributed by atoms with Crippen LogP contribution in [0, 0.1) is 5.92 Å². The van der Waals surface area contributed by atoms with Crippen LogP contribution in [0.15, 0.2) is 22.9 Å². The zero-order valence-electron chi connectivity index (χ0n) is 12.5. The number of hydrogen-bond donors (Lipinski definition) is 0. The van der Waals surface area contributed by atoms with Crippen molar-refractivity contribution in [2.24, 2.45) is 5.92 Å². The molecule has 1 aliphatic carbocycles. The molecule has 1 saturated carbocycles. The average Bonchev–Trinajstić information content (AvgIpc) is 3.23. The summed E-state index contributed by atoms with van der Waals surface area (Å²) in [4.78, 5) is 11.5. The van der Waals surface area contributed by atoms with Crippen molar-refractivity contribution in [3.05, 3.63) is 24.2 Å². The van der Waals surface area contributed by atoms with Crippen molar-refractivity contribution in [1.29, 1.82) is 0 Å². The van der Waals surface area contributed by atoms with Gasteiger partial charge in [-0.1, -0.05) is 19.0 Å². The third-order valence-electron chi connectivity index (χ3n) is 4.65. The Bertz CT molecular complexity index is 651. The molecule has 2 atom stereocenters. The van der Waals surface area contributed by atoms with Crippen LogP contribution in [0.2, 0.25) is 0 Å². The Balaban J connectivity index is 1.63. The molecule has 21 heavy (non-hydrogen) atoms. The van der Waals surface area contributed by atoms with E-state index in [1.807, 2.05) is 12.3 Å². The molecule has 2 fully saturated rings. The van der Waals surface area contributed by atoms with Crippen molar-refractivity contribution < 1.29 is 4.52 Å². The van der Waals surface area contributed by atoms with Gasteiger partial charge < -0.3 is 9.42 Å². The Morgan fingerprint density at radius 2 is 2.24 bits per heavy atom. The second-order valence-electron chi connectivity index (χ2n) is 6.50. The molecule has 0 radical (unpaired) electrons. The second kappa shape index (κ2) is 4.83. The second-order valence-corrected chi connectivity index (χ2v) is 6.50. The number of piperidine rings is 1. The van der Waals surface area contributed by atoms with Gasteiger partial charge in [-0.05, 0) is 37.3 Å². The lowest BCUT2D eigenvalue weighted by molar-refractivity contribution is 0.419. The van der Waals surface area contributed by atoms with Crippen LogP contribution in [0.5, 0.6) is 0 Å². The molecule has 3 heterocycles. The van der Waals surface area contributed by atoms with E-state index in [1.165, 1.54) is 19.3 Å². The molecule has 0 amide bonds. The molecule has 0 aromatic carbocycles. The molecule has 2 bridgehead atoms. The fraction of sp³-hybridized carbons (Fsp3) is 0.562. The van der Waals surface area contributed by atoms with Gasteiger partial charge in [-0.15, -0.1) is 0 Å². The first-order valence-electron chi connectivity index (χ1n) is 7.77. The van der Waals surface area contributed by atoms with E-state index >= 15 is 0 Å². The van der Waals surface area contributed by atoms with Gasteiger partial charge in [-0.3, -0.25) is 0 Å². The van der Waals surface area contributed by atoms with Gasteiger partial charge >= 0.3 is 0 Å². The Hall–Kier alpha value is -1.91. The number of nitrogens with zero attached hydrogens (tertiary/aromatic N) is 4. The van der Waals surface area contributed by atoms with Gasteiger partial charge in [0.15, 0.2) is 5.82 Å². The van der Waals surface area contributed by atoms with Crippen LogP contribution in [0.1, 0.15) is 44.9 Å². The lowest BCUT2D eigenvalue weighted by Gasteiger charge is -2.28. The minimum atomic E-state index is 0.276. The highest BCUT2D eigenvalue weighted by Gasteiger charge is 2.38. The maximum Gasteiger partial charge on any atom is 0.258 e.